The summed E-state index contributed by atoms with van der Waals surface area (Å²) in [5, 5.41) is 11.1. The van der Waals surface area contributed by atoms with E-state index in [0.29, 0.717) is 11.1 Å². The molecule has 2 aromatic carbocycles. The van der Waals surface area contributed by atoms with E-state index in [4.69, 9.17) is 9.15 Å². The predicted octanol–water partition coefficient (Wildman–Crippen LogP) is 4.35. The second-order valence-electron chi connectivity index (χ2n) is 6.69. The van der Waals surface area contributed by atoms with Gasteiger partial charge in [-0.1, -0.05) is 17.8 Å². The minimum Gasteiger partial charge on any atom is -0.497 e. The lowest BCUT2D eigenvalue weighted by molar-refractivity contribution is -0.115. The lowest BCUT2D eigenvalue weighted by atomic mass is 10.1. The van der Waals surface area contributed by atoms with Gasteiger partial charge in [0.1, 0.15) is 5.75 Å². The molecule has 0 unspecified atom stereocenters. The molecule has 1 aliphatic carbocycles. The van der Waals surface area contributed by atoms with Crippen LogP contribution in [0.3, 0.4) is 0 Å². The molecule has 1 amide bonds. The molecular weight excluding hydrogens is 374 g/mol. The Morgan fingerprint density at radius 2 is 1.93 bits per heavy atom. The van der Waals surface area contributed by atoms with Crippen LogP contribution >= 0.6 is 11.8 Å². The molecule has 0 spiro atoms. The first-order valence-corrected chi connectivity index (χ1v) is 10.1. The number of aryl methyl sites for hydroxylation is 2. The van der Waals surface area contributed by atoms with Crippen LogP contribution in [-0.2, 0) is 17.6 Å². The standard InChI is InChI=1S/C21H21N3O3S/c1-13(19(25)22-17-9-6-14-4-3-5-16(14)12-17)28-21-24-23-20(27-21)15-7-10-18(26-2)11-8-15/h6-13H,3-5H2,1-2H3,(H,22,25)/t13-/m0/s1. The van der Waals surface area contributed by atoms with E-state index in [1.807, 2.05) is 37.3 Å². The molecule has 1 heterocycles. The Kier molecular flexibility index (Phi) is 5.34. The molecule has 1 aliphatic rings. The predicted molar refractivity (Wildman–Crippen MR) is 109 cm³/mol. The van der Waals surface area contributed by atoms with Gasteiger partial charge in [0.05, 0.1) is 12.4 Å². The molecule has 0 saturated heterocycles. The number of fused-ring (bicyclic) bond motifs is 1. The van der Waals surface area contributed by atoms with E-state index in [2.05, 4.69) is 27.6 Å². The van der Waals surface area contributed by atoms with E-state index < -0.39 is 0 Å². The largest absolute Gasteiger partial charge is 0.497 e. The van der Waals surface area contributed by atoms with Crippen LogP contribution in [0.1, 0.15) is 24.5 Å². The van der Waals surface area contributed by atoms with Crippen molar-refractivity contribution < 1.29 is 13.9 Å². The number of hydrogen-bond donors (Lipinski definition) is 1. The number of nitrogens with zero attached hydrogens (tertiary/aromatic N) is 2. The third-order valence-corrected chi connectivity index (χ3v) is 5.69. The van der Waals surface area contributed by atoms with E-state index in [0.717, 1.165) is 29.8 Å². The number of nitrogens with one attached hydrogen (secondary N) is 1. The van der Waals surface area contributed by atoms with Crippen molar-refractivity contribution in [3.63, 3.8) is 0 Å². The lowest BCUT2D eigenvalue weighted by Crippen LogP contribution is -2.22. The van der Waals surface area contributed by atoms with Crippen molar-refractivity contribution in [2.75, 3.05) is 12.4 Å². The van der Waals surface area contributed by atoms with Crippen molar-refractivity contribution in [3.05, 3.63) is 53.6 Å². The van der Waals surface area contributed by atoms with Gasteiger partial charge in [-0.25, -0.2) is 0 Å². The zero-order valence-corrected chi connectivity index (χ0v) is 16.6. The maximum absolute atomic E-state index is 12.5. The summed E-state index contributed by atoms with van der Waals surface area (Å²) in [6.07, 6.45) is 3.40. The molecule has 1 N–H and O–H groups in total. The fraction of sp³-hybridized carbons (Fsp3) is 0.286. The quantitative estimate of drug-likeness (QED) is 0.625. The first kappa shape index (κ1) is 18.6. The number of hydrogen-bond acceptors (Lipinski definition) is 6. The molecule has 3 aromatic rings. The fourth-order valence-corrected chi connectivity index (χ4v) is 3.89. The lowest BCUT2D eigenvalue weighted by Gasteiger charge is -2.11. The van der Waals surface area contributed by atoms with Crippen LogP contribution < -0.4 is 10.1 Å². The second-order valence-corrected chi connectivity index (χ2v) is 7.98. The van der Waals surface area contributed by atoms with Crippen LogP contribution in [-0.4, -0.2) is 28.5 Å². The van der Waals surface area contributed by atoms with Gasteiger partial charge in [-0.05, 0) is 73.7 Å². The Labute approximate surface area is 167 Å². The number of benzene rings is 2. The monoisotopic (exact) mass is 395 g/mol. The summed E-state index contributed by atoms with van der Waals surface area (Å²) >= 11 is 1.24. The van der Waals surface area contributed by atoms with E-state index in [-0.39, 0.29) is 11.2 Å². The highest BCUT2D eigenvalue weighted by Gasteiger charge is 2.20. The van der Waals surface area contributed by atoms with E-state index in [1.54, 1.807) is 7.11 Å². The summed E-state index contributed by atoms with van der Waals surface area (Å²) in [4.78, 5) is 12.5. The number of thioether (sulfide) groups is 1. The first-order valence-electron chi connectivity index (χ1n) is 9.19. The Balaban J connectivity index is 1.38. The highest BCUT2D eigenvalue weighted by atomic mass is 32.2. The molecular formula is C21H21N3O3S. The van der Waals surface area contributed by atoms with Crippen molar-refractivity contribution >= 4 is 23.4 Å². The number of ether oxygens (including phenoxy) is 1. The van der Waals surface area contributed by atoms with Gasteiger partial charge < -0.3 is 14.5 Å². The number of methoxy groups -OCH3 is 1. The Bertz CT molecular complexity index is 985. The third-order valence-electron chi connectivity index (χ3n) is 4.76. The van der Waals surface area contributed by atoms with Gasteiger partial charge in [-0.15, -0.1) is 10.2 Å². The highest BCUT2D eigenvalue weighted by Crippen LogP contribution is 2.29. The van der Waals surface area contributed by atoms with Gasteiger partial charge in [-0.3, -0.25) is 4.79 Å². The van der Waals surface area contributed by atoms with Crippen LogP contribution in [0.25, 0.3) is 11.5 Å². The number of anilines is 1. The normalized spacial score (nSPS) is 13.8. The Hall–Kier alpha value is -2.80. The molecule has 0 saturated carbocycles. The van der Waals surface area contributed by atoms with Gasteiger partial charge >= 0.3 is 0 Å². The van der Waals surface area contributed by atoms with Gasteiger partial charge in [0, 0.05) is 11.3 Å². The summed E-state index contributed by atoms with van der Waals surface area (Å²) < 4.78 is 10.8. The van der Waals surface area contributed by atoms with Crippen LogP contribution in [0, 0.1) is 0 Å². The number of amides is 1. The van der Waals surface area contributed by atoms with Crippen LogP contribution in [0.2, 0.25) is 0 Å². The molecule has 0 fully saturated rings. The van der Waals surface area contributed by atoms with Gasteiger partial charge in [0.15, 0.2) is 0 Å². The van der Waals surface area contributed by atoms with Gasteiger partial charge in [-0.2, -0.15) is 0 Å². The highest BCUT2D eigenvalue weighted by molar-refractivity contribution is 8.00. The molecule has 1 atom stereocenters. The first-order chi connectivity index (χ1) is 13.6. The van der Waals surface area contributed by atoms with Crippen LogP contribution in [0.4, 0.5) is 5.69 Å². The summed E-state index contributed by atoms with van der Waals surface area (Å²) in [6.45, 7) is 1.82. The molecule has 0 radical (unpaired) electrons. The minimum absolute atomic E-state index is 0.0906. The average Bonchev–Trinajstić information content (AvgIpc) is 3.37. The number of aromatic nitrogens is 2. The molecule has 144 valence electrons. The molecule has 6 nitrogen and oxygen atoms in total. The summed E-state index contributed by atoms with van der Waals surface area (Å²) in [7, 11) is 1.62. The van der Waals surface area contributed by atoms with E-state index in [1.165, 1.54) is 29.3 Å². The summed E-state index contributed by atoms with van der Waals surface area (Å²) in [5.41, 5.74) is 4.36. The minimum atomic E-state index is -0.363. The maximum atomic E-state index is 12.5. The van der Waals surface area contributed by atoms with E-state index >= 15 is 0 Å². The van der Waals surface area contributed by atoms with Crippen molar-refractivity contribution in [1.82, 2.24) is 10.2 Å². The molecule has 28 heavy (non-hydrogen) atoms. The summed E-state index contributed by atoms with van der Waals surface area (Å²) in [5.74, 6) is 1.08. The average molecular weight is 395 g/mol. The summed E-state index contributed by atoms with van der Waals surface area (Å²) in [6, 6.07) is 13.5. The van der Waals surface area contributed by atoms with Crippen molar-refractivity contribution in [2.24, 2.45) is 0 Å². The van der Waals surface area contributed by atoms with Gasteiger partial charge in [0.25, 0.3) is 5.22 Å². The topological polar surface area (TPSA) is 77.2 Å². The van der Waals surface area contributed by atoms with Crippen molar-refractivity contribution in [2.45, 2.75) is 36.7 Å². The second kappa shape index (κ2) is 8.06. The zero-order chi connectivity index (χ0) is 19.5. The Morgan fingerprint density at radius 1 is 1.14 bits per heavy atom. The Morgan fingerprint density at radius 3 is 2.71 bits per heavy atom. The fourth-order valence-electron chi connectivity index (χ4n) is 3.21. The number of rotatable bonds is 6. The van der Waals surface area contributed by atoms with Crippen molar-refractivity contribution in [1.29, 1.82) is 0 Å². The molecule has 4 rings (SSSR count). The zero-order valence-electron chi connectivity index (χ0n) is 15.8. The SMILES string of the molecule is COc1ccc(-c2nnc(S[C@@H](C)C(=O)Nc3ccc4c(c3)CCC4)o2)cc1. The third kappa shape index (κ3) is 4.04. The molecule has 1 aromatic heterocycles. The molecule has 0 aliphatic heterocycles. The van der Waals surface area contributed by atoms with Crippen LogP contribution in [0.15, 0.2) is 52.1 Å². The van der Waals surface area contributed by atoms with E-state index in [9.17, 15) is 4.79 Å². The number of carbonyl (C=O) groups is 1. The van der Waals surface area contributed by atoms with Gasteiger partial charge in [0.2, 0.25) is 11.8 Å². The van der Waals surface area contributed by atoms with Crippen LogP contribution in [0.5, 0.6) is 5.75 Å². The maximum Gasteiger partial charge on any atom is 0.277 e. The molecule has 0 bridgehead atoms. The van der Waals surface area contributed by atoms with Crippen molar-refractivity contribution in [3.8, 4) is 17.2 Å². The number of carbonyl (C=O) groups excluding carboxylic acids is 1. The molecule has 7 heteroatoms. The smallest absolute Gasteiger partial charge is 0.277 e.